The molecular formula is H2CsKO2. The van der Waals surface area contributed by atoms with E-state index >= 15 is 0 Å². The Balaban J connectivity index is 0. The molecule has 0 aliphatic rings. The maximum atomic E-state index is 0. The molecule has 0 fully saturated rings. The van der Waals surface area contributed by atoms with Gasteiger partial charge in [0, 0.05) is 0 Å². The van der Waals surface area contributed by atoms with E-state index in [1.54, 1.807) is 0 Å². The first-order valence-electron chi connectivity index (χ1n) is 0. The van der Waals surface area contributed by atoms with Crippen LogP contribution in [0.4, 0.5) is 0 Å². The van der Waals surface area contributed by atoms with Crippen LogP contribution in [0.5, 0.6) is 0 Å². The Hall–Kier alpha value is 3.61. The molecule has 0 rings (SSSR count). The number of rotatable bonds is 0. The van der Waals surface area contributed by atoms with E-state index in [1.807, 2.05) is 0 Å². The van der Waals surface area contributed by atoms with Crippen molar-refractivity contribution in [3.05, 3.63) is 0 Å². The predicted molar refractivity (Wildman–Crippen MR) is 4.30 cm³/mol. The van der Waals surface area contributed by atoms with E-state index < -0.39 is 0 Å². The minimum Gasteiger partial charge on any atom is -2.00 e. The monoisotopic (exact) mass is 206 g/mol. The zero-order valence-electron chi connectivity index (χ0n) is 2.91. The van der Waals surface area contributed by atoms with Crippen LogP contribution in [0.2, 0.25) is 0 Å². The van der Waals surface area contributed by atoms with Crippen molar-refractivity contribution in [2.45, 2.75) is 0 Å². The van der Waals surface area contributed by atoms with Gasteiger partial charge in [0.2, 0.25) is 0 Å². The molecule has 0 saturated heterocycles. The van der Waals surface area contributed by atoms with Gasteiger partial charge < -0.3 is 11.0 Å². The van der Waals surface area contributed by atoms with Crippen LogP contribution >= 0.6 is 0 Å². The van der Waals surface area contributed by atoms with Gasteiger partial charge in [-0.3, -0.25) is 0 Å². The van der Waals surface area contributed by atoms with Gasteiger partial charge in [-0.1, -0.05) is 0 Å². The zero-order chi connectivity index (χ0) is 0. The van der Waals surface area contributed by atoms with E-state index in [1.165, 1.54) is 0 Å². The molecule has 0 amide bonds. The Morgan fingerprint density at radius 3 is 1.00 bits per heavy atom. The molecule has 0 saturated carbocycles. The molecular weight excluding hydrogens is 204 g/mol. The van der Waals surface area contributed by atoms with Gasteiger partial charge in [-0.15, -0.1) is 0 Å². The summed E-state index contributed by atoms with van der Waals surface area (Å²) < 4.78 is 0. The van der Waals surface area contributed by atoms with Crippen molar-refractivity contribution in [1.29, 1.82) is 0 Å². The fraction of sp³-hybridized carbons (Fsp3) is 0. The molecule has 0 aromatic carbocycles. The van der Waals surface area contributed by atoms with Gasteiger partial charge in [-0.25, -0.2) is 0 Å². The van der Waals surface area contributed by atoms with Crippen LogP contribution in [0, 0.1) is 0 Å². The minimum atomic E-state index is 0. The van der Waals surface area contributed by atoms with Gasteiger partial charge in [0.1, 0.15) is 0 Å². The molecule has 0 atom stereocenters. The Kier molecular flexibility index (Phi) is 102. The van der Waals surface area contributed by atoms with Crippen LogP contribution in [0.25, 0.3) is 0 Å². The summed E-state index contributed by atoms with van der Waals surface area (Å²) in [6, 6.07) is 0. The van der Waals surface area contributed by atoms with Gasteiger partial charge in [0.05, 0.1) is 0 Å². The summed E-state index contributed by atoms with van der Waals surface area (Å²) in [5.41, 5.74) is 0. The molecule has 0 bridgehead atoms. The molecule has 0 unspecified atom stereocenters. The van der Waals surface area contributed by atoms with Gasteiger partial charge in [-0.05, 0) is 0 Å². The maximum absolute atomic E-state index is 0. The van der Waals surface area contributed by atoms with Crippen molar-refractivity contribution >= 4 is 0 Å². The maximum Gasteiger partial charge on any atom is 1.00 e. The van der Waals surface area contributed by atoms with Gasteiger partial charge in [0.25, 0.3) is 0 Å². The molecule has 16 valence electrons. The molecule has 2 nitrogen and oxygen atoms in total. The Morgan fingerprint density at radius 1 is 1.00 bits per heavy atom. The first-order chi connectivity index (χ1) is 0. The van der Waals surface area contributed by atoms with Crippen molar-refractivity contribution in [1.82, 2.24) is 0 Å². The number of hydrogen-bond acceptors (Lipinski definition) is 0. The van der Waals surface area contributed by atoms with Crippen molar-refractivity contribution in [3.63, 3.8) is 0 Å². The first kappa shape index (κ1) is 25.5. The molecule has 0 heterocycles. The summed E-state index contributed by atoms with van der Waals surface area (Å²) in [6.45, 7) is 0. The minimum absolute atomic E-state index is 0. The predicted octanol–water partition coefficient (Wildman–Crippen LogP) is -6.94. The molecule has 0 aromatic rings. The van der Waals surface area contributed by atoms with Gasteiger partial charge in [-0.2, -0.15) is 0 Å². The van der Waals surface area contributed by atoms with Crippen LogP contribution < -0.4 is 120 Å². The molecule has 4 heteroatoms. The fourth-order valence-corrected chi connectivity index (χ4v) is 0. The van der Waals surface area contributed by atoms with E-state index in [9.17, 15) is 0 Å². The van der Waals surface area contributed by atoms with E-state index in [2.05, 4.69) is 0 Å². The second-order valence-corrected chi connectivity index (χ2v) is 0. The van der Waals surface area contributed by atoms with Crippen LogP contribution in [0.3, 0.4) is 0 Å². The molecule has 0 aromatic heterocycles. The SMILES string of the molecule is O.[Cs+].[K+].[O-2]. The fourth-order valence-electron chi connectivity index (χ4n) is 0. The first-order valence-corrected chi connectivity index (χ1v) is 0. The van der Waals surface area contributed by atoms with Crippen molar-refractivity contribution < 1.29 is 131 Å². The topological polar surface area (TPSA) is 60.0 Å². The van der Waals surface area contributed by atoms with Crippen LogP contribution in [-0.4, -0.2) is 5.48 Å². The summed E-state index contributed by atoms with van der Waals surface area (Å²) >= 11 is 0. The van der Waals surface area contributed by atoms with E-state index in [0.29, 0.717) is 0 Å². The second kappa shape index (κ2) is 16.0. The summed E-state index contributed by atoms with van der Waals surface area (Å²) in [5, 5.41) is 0. The third-order valence-corrected chi connectivity index (χ3v) is 0. The number of hydrogen-bond donors (Lipinski definition) is 0. The van der Waals surface area contributed by atoms with E-state index in [4.69, 9.17) is 0 Å². The largest absolute Gasteiger partial charge is 2.00 e. The summed E-state index contributed by atoms with van der Waals surface area (Å²) in [7, 11) is 0. The second-order valence-electron chi connectivity index (χ2n) is 0. The summed E-state index contributed by atoms with van der Waals surface area (Å²) in [5.74, 6) is 0. The summed E-state index contributed by atoms with van der Waals surface area (Å²) in [6.07, 6.45) is 0. The molecule has 4 heavy (non-hydrogen) atoms. The Bertz CT molecular complexity index is 6.00. The molecule has 2 N–H and O–H groups in total. The van der Waals surface area contributed by atoms with Crippen molar-refractivity contribution in [3.8, 4) is 0 Å². The van der Waals surface area contributed by atoms with Crippen LogP contribution in [-0.2, 0) is 5.48 Å². The third-order valence-electron chi connectivity index (χ3n) is 0. The van der Waals surface area contributed by atoms with Gasteiger partial charge in [0.15, 0.2) is 0 Å². The summed E-state index contributed by atoms with van der Waals surface area (Å²) in [4.78, 5) is 0. The molecule has 0 aliphatic carbocycles. The average molecular weight is 206 g/mol. The van der Waals surface area contributed by atoms with Gasteiger partial charge >= 0.3 is 120 Å². The van der Waals surface area contributed by atoms with E-state index in [0.717, 1.165) is 0 Å². The molecule has 0 radical (unpaired) electrons. The van der Waals surface area contributed by atoms with Crippen molar-refractivity contribution in [2.75, 3.05) is 0 Å². The molecule has 0 spiro atoms. The van der Waals surface area contributed by atoms with Crippen molar-refractivity contribution in [2.24, 2.45) is 0 Å². The normalized spacial score (nSPS) is 0. The third kappa shape index (κ3) is 9.15. The quantitative estimate of drug-likeness (QED) is 0.354. The Morgan fingerprint density at radius 2 is 1.00 bits per heavy atom. The zero-order valence-corrected chi connectivity index (χ0v) is 12.3. The van der Waals surface area contributed by atoms with E-state index in [-0.39, 0.29) is 131 Å². The smallest absolute Gasteiger partial charge is 1.00 e. The van der Waals surface area contributed by atoms with Crippen LogP contribution in [0.1, 0.15) is 0 Å². The van der Waals surface area contributed by atoms with Crippen LogP contribution in [0.15, 0.2) is 0 Å². The molecule has 0 aliphatic heterocycles. The standard InChI is InChI=1S/Cs.K.H2O.O/h;;1H2;/q2*+1;;-2. The average Bonchev–Trinajstić information content (AvgIpc) is 0. The Labute approximate surface area is 127 Å².